The summed E-state index contributed by atoms with van der Waals surface area (Å²) < 4.78 is 15.5. The Balaban J connectivity index is 0.000000214. The number of hydrogen-bond acceptors (Lipinski definition) is 8. The quantitative estimate of drug-likeness (QED) is 0.0722. The van der Waals surface area contributed by atoms with Crippen LogP contribution in [0.2, 0.25) is 35.2 Å². The minimum Gasteiger partial charge on any atom is -0.504 e. The van der Waals surface area contributed by atoms with E-state index in [1.165, 1.54) is 19.2 Å². The Kier molecular flexibility index (Phi) is 21.0. The summed E-state index contributed by atoms with van der Waals surface area (Å²) in [5.41, 5.74) is 3.11. The van der Waals surface area contributed by atoms with E-state index in [-0.39, 0.29) is 69.0 Å². The number of nitrogens with one attached hydrogen (secondary N) is 3. The molecule has 3 amide bonds. The maximum Gasteiger partial charge on any atom is 0.254 e. The van der Waals surface area contributed by atoms with Crippen molar-refractivity contribution < 1.29 is 38.8 Å². The Bertz CT molecular complexity index is 2440. The molecular weight excluding hydrogens is 983 g/mol. The summed E-state index contributed by atoms with van der Waals surface area (Å²) in [4.78, 5) is 36.5. The Morgan fingerprint density at radius 3 is 1.20 bits per heavy atom. The third-order valence-corrected chi connectivity index (χ3v) is 11.1. The van der Waals surface area contributed by atoms with Crippen molar-refractivity contribution in [1.29, 1.82) is 0 Å². The van der Waals surface area contributed by atoms with Crippen molar-refractivity contribution in [2.45, 2.75) is 33.0 Å². The van der Waals surface area contributed by atoms with Crippen LogP contribution >= 0.6 is 81.2 Å². The van der Waals surface area contributed by atoms with E-state index in [9.17, 15) is 24.6 Å². The van der Waals surface area contributed by atoms with Crippen LogP contribution in [0.4, 0.5) is 0 Å². The second-order valence-corrected chi connectivity index (χ2v) is 16.3. The van der Waals surface area contributed by atoms with Gasteiger partial charge in [-0.1, -0.05) is 125 Å². The van der Waals surface area contributed by atoms with Crippen LogP contribution in [0.25, 0.3) is 0 Å². The molecule has 6 aromatic carbocycles. The summed E-state index contributed by atoms with van der Waals surface area (Å²) in [5.74, 6) is 0.375. The molecule has 0 aliphatic rings. The van der Waals surface area contributed by atoms with Gasteiger partial charge in [0.05, 0.1) is 72.7 Å². The van der Waals surface area contributed by atoms with E-state index in [0.29, 0.717) is 55.5 Å². The molecule has 6 rings (SSSR count). The highest BCUT2D eigenvalue weighted by Gasteiger charge is 2.17. The van der Waals surface area contributed by atoms with E-state index in [1.54, 1.807) is 98.1 Å². The third-order valence-electron chi connectivity index (χ3n) is 8.87. The number of rotatable bonds is 14. The predicted molar refractivity (Wildman–Crippen MR) is 259 cm³/mol. The molecule has 0 unspecified atom stereocenters. The zero-order chi connectivity index (χ0) is 47.6. The zero-order valence-electron chi connectivity index (χ0n) is 34.9. The van der Waals surface area contributed by atoms with Gasteiger partial charge in [-0.3, -0.25) is 14.4 Å². The first-order chi connectivity index (χ1) is 31.1. The van der Waals surface area contributed by atoms with Crippen molar-refractivity contribution in [3.05, 3.63) is 178 Å². The average molecular weight is 1030 g/mol. The van der Waals surface area contributed by atoms with Crippen molar-refractivity contribution >= 4 is 98.9 Å². The second-order valence-electron chi connectivity index (χ2n) is 13.5. The lowest BCUT2D eigenvalue weighted by Crippen LogP contribution is -2.23. The molecule has 0 aliphatic heterocycles. The fourth-order valence-electron chi connectivity index (χ4n) is 5.62. The predicted octanol–water partition coefficient (Wildman–Crippen LogP) is 12.6. The molecule has 65 heavy (non-hydrogen) atoms. The van der Waals surface area contributed by atoms with Crippen LogP contribution < -0.4 is 30.2 Å². The van der Waals surface area contributed by atoms with Crippen LogP contribution in [-0.2, 0) is 19.6 Å². The van der Waals surface area contributed by atoms with Gasteiger partial charge in [0.15, 0.2) is 23.0 Å². The largest absolute Gasteiger partial charge is 0.504 e. The first-order valence-corrected chi connectivity index (χ1v) is 22.0. The number of hydrogen-bond donors (Lipinski definition) is 5. The van der Waals surface area contributed by atoms with Crippen LogP contribution in [-0.4, -0.2) is 48.8 Å². The molecular formula is C47H42Cl7N3O8. The smallest absolute Gasteiger partial charge is 0.254 e. The monoisotopic (exact) mass is 1020 g/mol. The standard InChI is InChI=1S/C17H17Cl2NO3.C15H12Cl3NO2.C15H13Cl2NO3/c1-2-8-23-15-9-11(6-7-14(15)21)10-20-17(22)16-12(18)4-3-5-13(16)19;1-21-13-6-5-9(7-12(13)18)8-19-15(20)14-10(16)3-2-4-11(14)17;1-21-13-6-5-9(7-12(13)19)8-18-15(20)14-10(16)3-2-4-11(14)17/h3-7,9,21H,2,8,10H2,1H3,(H,20,22);2-7H,8H2,1H3,(H,19,20);2-7,19H,8H2,1H3,(H,18,20). The van der Waals surface area contributed by atoms with E-state index in [0.717, 1.165) is 23.1 Å². The normalized spacial score (nSPS) is 10.3. The molecule has 0 saturated heterocycles. The molecule has 0 bridgehead atoms. The van der Waals surface area contributed by atoms with Gasteiger partial charge in [-0.25, -0.2) is 0 Å². The van der Waals surface area contributed by atoms with Crippen molar-refractivity contribution in [2.24, 2.45) is 0 Å². The van der Waals surface area contributed by atoms with Crippen LogP contribution in [0.5, 0.6) is 28.7 Å². The number of halogens is 7. The number of aromatic hydroxyl groups is 2. The molecule has 342 valence electrons. The highest BCUT2D eigenvalue weighted by molar-refractivity contribution is 6.41. The maximum atomic E-state index is 12.2. The first-order valence-electron chi connectivity index (χ1n) is 19.4. The van der Waals surface area contributed by atoms with E-state index >= 15 is 0 Å². The van der Waals surface area contributed by atoms with Crippen LogP contribution in [0.3, 0.4) is 0 Å². The van der Waals surface area contributed by atoms with Crippen LogP contribution in [0, 0.1) is 0 Å². The van der Waals surface area contributed by atoms with Gasteiger partial charge in [0.1, 0.15) is 5.75 Å². The molecule has 0 fully saturated rings. The molecule has 6 aromatic rings. The molecule has 0 spiro atoms. The Morgan fingerprint density at radius 2 is 0.831 bits per heavy atom. The van der Waals surface area contributed by atoms with Crippen molar-refractivity contribution in [1.82, 2.24) is 16.0 Å². The van der Waals surface area contributed by atoms with Gasteiger partial charge in [0.25, 0.3) is 17.7 Å². The third kappa shape index (κ3) is 15.4. The molecule has 5 N–H and O–H groups in total. The van der Waals surface area contributed by atoms with Crippen LogP contribution in [0.15, 0.2) is 109 Å². The summed E-state index contributed by atoms with van der Waals surface area (Å²) in [7, 11) is 3.01. The molecule has 0 saturated carbocycles. The van der Waals surface area contributed by atoms with Gasteiger partial charge >= 0.3 is 0 Å². The molecule has 0 aromatic heterocycles. The summed E-state index contributed by atoms with van der Waals surface area (Å²) in [6.45, 7) is 3.30. The zero-order valence-corrected chi connectivity index (χ0v) is 40.2. The summed E-state index contributed by atoms with van der Waals surface area (Å²) in [5, 5.41) is 29.9. The van der Waals surface area contributed by atoms with E-state index in [4.69, 9.17) is 95.4 Å². The summed E-state index contributed by atoms with van der Waals surface area (Å²) in [6, 6.07) is 29.8. The number of carbonyl (C=O) groups is 3. The maximum absolute atomic E-state index is 12.2. The lowest BCUT2D eigenvalue weighted by atomic mass is 10.1. The number of ether oxygens (including phenoxy) is 3. The summed E-state index contributed by atoms with van der Waals surface area (Å²) in [6.07, 6.45) is 0.839. The fourth-order valence-corrected chi connectivity index (χ4v) is 7.61. The van der Waals surface area contributed by atoms with Crippen LogP contribution in [0.1, 0.15) is 61.1 Å². The van der Waals surface area contributed by atoms with E-state index in [1.807, 2.05) is 13.0 Å². The number of amides is 3. The second kappa shape index (κ2) is 26.0. The fraction of sp³-hybridized carbons (Fsp3) is 0.170. The van der Waals surface area contributed by atoms with Gasteiger partial charge in [-0.05, 0) is 95.9 Å². The van der Waals surface area contributed by atoms with Gasteiger partial charge in [0, 0.05) is 19.6 Å². The minimum absolute atomic E-state index is 0.0139. The van der Waals surface area contributed by atoms with Gasteiger partial charge in [-0.2, -0.15) is 0 Å². The number of phenols is 2. The van der Waals surface area contributed by atoms with Gasteiger partial charge in [-0.15, -0.1) is 0 Å². The Labute approximate surface area is 411 Å². The SMILES string of the molecule is CCCOc1cc(CNC(=O)c2c(Cl)cccc2Cl)ccc1O.COc1ccc(CNC(=O)c2c(Cl)cccc2Cl)cc1Cl.COc1ccc(CNC(=O)c2c(Cl)cccc2Cl)cc1O. The molecule has 0 aliphatic carbocycles. The van der Waals surface area contributed by atoms with E-state index < -0.39 is 0 Å². The van der Waals surface area contributed by atoms with Crippen molar-refractivity contribution in [2.75, 3.05) is 20.8 Å². The first kappa shape index (κ1) is 52.4. The summed E-state index contributed by atoms with van der Waals surface area (Å²) >= 11 is 42.0. The Hall–Kier alpha value is -5.24. The lowest BCUT2D eigenvalue weighted by Gasteiger charge is -2.11. The topological polar surface area (TPSA) is 155 Å². The number of phenolic OH excluding ortho intramolecular Hbond substituents is 2. The van der Waals surface area contributed by atoms with Gasteiger partial charge in [0.2, 0.25) is 0 Å². The molecule has 18 heteroatoms. The number of benzene rings is 6. The van der Waals surface area contributed by atoms with Crippen molar-refractivity contribution in [3.63, 3.8) is 0 Å². The lowest BCUT2D eigenvalue weighted by molar-refractivity contribution is 0.0943. The van der Waals surface area contributed by atoms with E-state index in [2.05, 4.69) is 16.0 Å². The molecule has 0 radical (unpaired) electrons. The number of carbonyl (C=O) groups excluding carboxylic acids is 3. The molecule has 0 heterocycles. The highest BCUT2D eigenvalue weighted by atomic mass is 35.5. The number of methoxy groups -OCH3 is 2. The van der Waals surface area contributed by atoms with Gasteiger partial charge < -0.3 is 40.4 Å². The molecule has 11 nitrogen and oxygen atoms in total. The minimum atomic E-state index is -0.374. The van der Waals surface area contributed by atoms with Crippen molar-refractivity contribution in [3.8, 4) is 28.7 Å². The Morgan fingerprint density at radius 1 is 0.462 bits per heavy atom. The highest BCUT2D eigenvalue weighted by Crippen LogP contribution is 2.30. The molecule has 0 atom stereocenters. The average Bonchev–Trinajstić information content (AvgIpc) is 3.27.